The molecule has 0 aliphatic heterocycles. The molecule has 2 fully saturated rings. The largest absolute Gasteiger partial charge is 0.393 e. The van der Waals surface area contributed by atoms with Crippen LogP contribution in [0, 0.1) is 46.3 Å². The molecule has 4 aliphatic rings. The molecule has 0 heterocycles. The molecule has 4 rings (SSSR count). The van der Waals surface area contributed by atoms with Crippen LogP contribution in [0.2, 0.25) is 0 Å². The maximum absolute atomic E-state index is 10.5. The van der Waals surface area contributed by atoms with Gasteiger partial charge in [0.25, 0.3) is 0 Å². The van der Waals surface area contributed by atoms with Crippen LogP contribution >= 0.6 is 0 Å². The number of allylic oxidation sites excluding steroid dienone is 4. The van der Waals surface area contributed by atoms with Gasteiger partial charge in [0, 0.05) is 0 Å². The zero-order chi connectivity index (χ0) is 22.6. The molecular formula is C30H50O. The van der Waals surface area contributed by atoms with Gasteiger partial charge in [0.1, 0.15) is 0 Å². The Labute approximate surface area is 193 Å². The summed E-state index contributed by atoms with van der Waals surface area (Å²) in [5.74, 6) is 4.44. The molecule has 176 valence electrons. The van der Waals surface area contributed by atoms with Crippen molar-refractivity contribution in [3.8, 4) is 0 Å². The monoisotopic (exact) mass is 426 g/mol. The van der Waals surface area contributed by atoms with Crippen LogP contribution in [-0.2, 0) is 0 Å². The third-order valence-corrected chi connectivity index (χ3v) is 11.3. The van der Waals surface area contributed by atoms with Gasteiger partial charge in [-0.1, -0.05) is 64.3 Å². The molecular weight excluding hydrogens is 376 g/mol. The predicted octanol–water partition coefficient (Wildman–Crippen LogP) is 8.34. The highest BCUT2D eigenvalue weighted by atomic mass is 16.3. The molecule has 0 amide bonds. The Morgan fingerprint density at radius 1 is 1.06 bits per heavy atom. The summed E-state index contributed by atoms with van der Waals surface area (Å²) in [6, 6.07) is 0. The van der Waals surface area contributed by atoms with Crippen LogP contribution in [0.5, 0.6) is 0 Å². The fourth-order valence-corrected chi connectivity index (χ4v) is 9.25. The predicted molar refractivity (Wildman–Crippen MR) is 133 cm³/mol. The minimum absolute atomic E-state index is 0.0707. The van der Waals surface area contributed by atoms with E-state index in [1.54, 1.807) is 5.57 Å². The Hall–Kier alpha value is -0.560. The molecule has 0 aromatic rings. The molecule has 0 spiro atoms. The molecule has 0 aromatic heterocycles. The molecule has 1 N–H and O–H groups in total. The molecule has 4 aliphatic carbocycles. The van der Waals surface area contributed by atoms with E-state index in [9.17, 15) is 5.11 Å². The fourth-order valence-electron chi connectivity index (χ4n) is 9.25. The Bertz CT molecular complexity index is 729. The van der Waals surface area contributed by atoms with E-state index in [0.29, 0.717) is 28.6 Å². The summed E-state index contributed by atoms with van der Waals surface area (Å²) in [5.41, 5.74) is 6.32. The van der Waals surface area contributed by atoms with E-state index in [1.807, 2.05) is 11.1 Å². The van der Waals surface area contributed by atoms with E-state index in [4.69, 9.17) is 0 Å². The summed E-state index contributed by atoms with van der Waals surface area (Å²) in [4.78, 5) is 0. The Morgan fingerprint density at radius 3 is 2.48 bits per heavy atom. The van der Waals surface area contributed by atoms with Gasteiger partial charge in [-0.2, -0.15) is 0 Å². The zero-order valence-electron chi connectivity index (χ0n) is 21.6. The highest BCUT2D eigenvalue weighted by Crippen LogP contribution is 2.66. The van der Waals surface area contributed by atoms with Gasteiger partial charge >= 0.3 is 0 Å². The van der Waals surface area contributed by atoms with Gasteiger partial charge < -0.3 is 5.11 Å². The number of rotatable bonds is 5. The molecule has 0 saturated heterocycles. The molecule has 0 unspecified atom stereocenters. The zero-order valence-corrected chi connectivity index (χ0v) is 21.6. The lowest BCUT2D eigenvalue weighted by Crippen LogP contribution is -2.49. The topological polar surface area (TPSA) is 20.2 Å². The van der Waals surface area contributed by atoms with Crippen molar-refractivity contribution < 1.29 is 5.11 Å². The van der Waals surface area contributed by atoms with Crippen molar-refractivity contribution in [1.29, 1.82) is 0 Å². The average molecular weight is 427 g/mol. The first-order chi connectivity index (χ1) is 14.6. The molecule has 1 heteroatoms. The molecule has 8 atom stereocenters. The number of hydrogen-bond donors (Lipinski definition) is 1. The smallest absolute Gasteiger partial charge is 0.0569 e. The second kappa shape index (κ2) is 8.66. The molecule has 0 radical (unpaired) electrons. The summed E-state index contributed by atoms with van der Waals surface area (Å²) in [5, 5.41) is 10.5. The van der Waals surface area contributed by atoms with Crippen LogP contribution in [0.15, 0.2) is 22.8 Å². The summed E-state index contributed by atoms with van der Waals surface area (Å²) in [6.45, 7) is 17.1. The van der Waals surface area contributed by atoms with Crippen molar-refractivity contribution >= 4 is 0 Å². The minimum Gasteiger partial charge on any atom is -0.393 e. The van der Waals surface area contributed by atoms with E-state index >= 15 is 0 Å². The second-order valence-corrected chi connectivity index (χ2v) is 12.8. The van der Waals surface area contributed by atoms with Gasteiger partial charge in [0.2, 0.25) is 0 Å². The molecule has 1 nitrogen and oxygen atoms in total. The van der Waals surface area contributed by atoms with Crippen molar-refractivity contribution in [2.45, 2.75) is 119 Å². The van der Waals surface area contributed by atoms with Gasteiger partial charge in [-0.05, 0) is 117 Å². The summed E-state index contributed by atoms with van der Waals surface area (Å²) in [7, 11) is 0. The summed E-state index contributed by atoms with van der Waals surface area (Å²) in [6.07, 6.45) is 15.5. The maximum atomic E-state index is 10.5. The standard InChI is InChI=1S/C30H50O/c1-8-22(19(2)3)10-9-20(4)24-13-14-26-23-11-12-25-21(5)28(31)16-18-30(25,7)27(23)15-17-29(24,26)6/h8,19-21,24-26,28,31H,9-18H2,1-7H3/t20-,21-,24+,25-,26-,28-,29-,30+/m1/s1. The van der Waals surface area contributed by atoms with Crippen molar-refractivity contribution in [2.24, 2.45) is 46.3 Å². The van der Waals surface area contributed by atoms with Crippen molar-refractivity contribution in [2.75, 3.05) is 0 Å². The molecule has 0 bridgehead atoms. The highest BCUT2D eigenvalue weighted by molar-refractivity contribution is 5.34. The van der Waals surface area contributed by atoms with Gasteiger partial charge in [-0.3, -0.25) is 0 Å². The van der Waals surface area contributed by atoms with Crippen LogP contribution in [-0.4, -0.2) is 11.2 Å². The minimum atomic E-state index is -0.0707. The fraction of sp³-hybridized carbons (Fsp3) is 0.867. The summed E-state index contributed by atoms with van der Waals surface area (Å²) < 4.78 is 0. The van der Waals surface area contributed by atoms with E-state index in [0.717, 1.165) is 24.2 Å². The van der Waals surface area contributed by atoms with E-state index in [1.165, 1.54) is 57.8 Å². The van der Waals surface area contributed by atoms with Crippen LogP contribution in [0.3, 0.4) is 0 Å². The summed E-state index contributed by atoms with van der Waals surface area (Å²) >= 11 is 0. The van der Waals surface area contributed by atoms with Gasteiger partial charge in [-0.15, -0.1) is 0 Å². The molecule has 2 saturated carbocycles. The van der Waals surface area contributed by atoms with E-state index < -0.39 is 0 Å². The third-order valence-electron chi connectivity index (χ3n) is 11.3. The average Bonchev–Trinajstić information content (AvgIpc) is 3.08. The van der Waals surface area contributed by atoms with Gasteiger partial charge in [-0.25, -0.2) is 0 Å². The van der Waals surface area contributed by atoms with Crippen LogP contribution in [0.25, 0.3) is 0 Å². The van der Waals surface area contributed by atoms with Gasteiger partial charge in [0.15, 0.2) is 0 Å². The quantitative estimate of drug-likeness (QED) is 0.438. The number of aliphatic hydroxyl groups is 1. The third kappa shape index (κ3) is 3.79. The van der Waals surface area contributed by atoms with Gasteiger partial charge in [0.05, 0.1) is 6.10 Å². The first-order valence-electron chi connectivity index (χ1n) is 13.7. The van der Waals surface area contributed by atoms with Crippen LogP contribution in [0.1, 0.15) is 113 Å². The van der Waals surface area contributed by atoms with E-state index in [-0.39, 0.29) is 6.10 Å². The Morgan fingerprint density at radius 2 is 1.81 bits per heavy atom. The number of hydrogen-bond acceptors (Lipinski definition) is 1. The Balaban J connectivity index is 1.54. The normalized spacial score (nSPS) is 44.2. The number of aliphatic hydroxyl groups excluding tert-OH is 1. The molecule has 31 heavy (non-hydrogen) atoms. The lowest BCUT2D eigenvalue weighted by molar-refractivity contribution is -0.0336. The lowest BCUT2D eigenvalue weighted by atomic mass is 9.49. The molecule has 0 aromatic carbocycles. The first kappa shape index (κ1) is 23.6. The Kier molecular flexibility index (Phi) is 6.59. The first-order valence-corrected chi connectivity index (χ1v) is 13.7. The van der Waals surface area contributed by atoms with Crippen LogP contribution < -0.4 is 0 Å². The lowest BCUT2D eigenvalue weighted by Gasteiger charge is -2.56. The number of fused-ring (bicyclic) bond motifs is 4. The second-order valence-electron chi connectivity index (χ2n) is 12.8. The highest BCUT2D eigenvalue weighted by Gasteiger charge is 2.56. The SMILES string of the molecule is CC=C(CC[C@@H](C)[C@@H]1CC[C@@H]2C3=C(CC[C@@]21C)[C@@]1(C)CC[C@@H](O)[C@H](C)[C@H]1CC3)C(C)C. The van der Waals surface area contributed by atoms with Crippen molar-refractivity contribution in [3.05, 3.63) is 22.8 Å². The van der Waals surface area contributed by atoms with Crippen molar-refractivity contribution in [3.63, 3.8) is 0 Å². The van der Waals surface area contributed by atoms with E-state index in [2.05, 4.69) is 54.5 Å². The van der Waals surface area contributed by atoms with Crippen LogP contribution in [0.4, 0.5) is 0 Å². The maximum Gasteiger partial charge on any atom is 0.0569 e. The van der Waals surface area contributed by atoms with Crippen molar-refractivity contribution in [1.82, 2.24) is 0 Å².